The maximum Gasteiger partial charge on any atom is 0.411 e. The molecule has 17 heavy (non-hydrogen) atoms. The zero-order valence-corrected chi connectivity index (χ0v) is 10.7. The Labute approximate surface area is 110 Å². The molecule has 2 rings (SSSR count). The van der Waals surface area contributed by atoms with E-state index in [4.69, 9.17) is 27.9 Å². The summed E-state index contributed by atoms with van der Waals surface area (Å²) in [5, 5.41) is 3.56. The lowest BCUT2D eigenvalue weighted by Crippen LogP contribution is -2.20. The molecule has 1 fully saturated rings. The van der Waals surface area contributed by atoms with Gasteiger partial charge in [-0.25, -0.2) is 4.79 Å². The van der Waals surface area contributed by atoms with Crippen LogP contribution < -0.4 is 5.32 Å². The van der Waals surface area contributed by atoms with Crippen molar-refractivity contribution in [3.8, 4) is 0 Å². The molecule has 1 aromatic carbocycles. The highest BCUT2D eigenvalue weighted by atomic mass is 35.5. The van der Waals surface area contributed by atoms with Crippen LogP contribution in [0.2, 0.25) is 10.0 Å². The second-order valence-corrected chi connectivity index (χ2v) is 4.90. The van der Waals surface area contributed by atoms with Gasteiger partial charge < -0.3 is 4.74 Å². The van der Waals surface area contributed by atoms with Gasteiger partial charge in [0.25, 0.3) is 0 Å². The Kier molecular flexibility index (Phi) is 4.13. The number of nitrogens with one attached hydrogen (secondary N) is 1. The van der Waals surface area contributed by atoms with Gasteiger partial charge in [0.15, 0.2) is 0 Å². The van der Waals surface area contributed by atoms with E-state index in [1.807, 2.05) is 0 Å². The first-order valence-electron chi connectivity index (χ1n) is 5.58. The van der Waals surface area contributed by atoms with Crippen LogP contribution in [-0.2, 0) is 4.74 Å². The Balaban J connectivity index is 1.95. The standard InChI is InChI=1S/C12H13Cl2NO2/c13-8-5-6-10(14)11(7-8)15-12(16)17-9-3-1-2-4-9/h5-7,9H,1-4H2,(H,15,16). The topological polar surface area (TPSA) is 38.3 Å². The molecule has 0 radical (unpaired) electrons. The fourth-order valence-electron chi connectivity index (χ4n) is 1.89. The van der Waals surface area contributed by atoms with Crippen LogP contribution >= 0.6 is 23.2 Å². The smallest absolute Gasteiger partial charge is 0.411 e. The molecular weight excluding hydrogens is 261 g/mol. The van der Waals surface area contributed by atoms with Crippen LogP contribution in [0, 0.1) is 0 Å². The number of rotatable bonds is 2. The molecule has 0 atom stereocenters. The van der Waals surface area contributed by atoms with Crippen LogP contribution in [0.25, 0.3) is 0 Å². The number of amides is 1. The van der Waals surface area contributed by atoms with E-state index in [1.165, 1.54) is 0 Å². The minimum absolute atomic E-state index is 0.0351. The van der Waals surface area contributed by atoms with Gasteiger partial charge in [0.1, 0.15) is 6.10 Å². The van der Waals surface area contributed by atoms with Gasteiger partial charge in [-0.05, 0) is 43.9 Å². The van der Waals surface area contributed by atoms with Crippen molar-refractivity contribution in [2.75, 3.05) is 5.32 Å². The highest BCUT2D eigenvalue weighted by Crippen LogP contribution is 2.26. The Morgan fingerprint density at radius 1 is 1.29 bits per heavy atom. The van der Waals surface area contributed by atoms with Crippen LogP contribution in [0.1, 0.15) is 25.7 Å². The molecule has 0 aromatic heterocycles. The Hall–Kier alpha value is -0.930. The average Bonchev–Trinajstić information content (AvgIpc) is 2.76. The molecule has 0 heterocycles. The molecule has 0 saturated heterocycles. The van der Waals surface area contributed by atoms with E-state index < -0.39 is 6.09 Å². The zero-order chi connectivity index (χ0) is 12.3. The zero-order valence-electron chi connectivity index (χ0n) is 9.21. The first-order valence-corrected chi connectivity index (χ1v) is 6.33. The van der Waals surface area contributed by atoms with Crippen LogP contribution in [-0.4, -0.2) is 12.2 Å². The van der Waals surface area contributed by atoms with Crippen molar-refractivity contribution < 1.29 is 9.53 Å². The van der Waals surface area contributed by atoms with E-state index in [0.29, 0.717) is 15.7 Å². The molecule has 0 unspecified atom stereocenters. The molecule has 1 aliphatic rings. The van der Waals surface area contributed by atoms with Gasteiger partial charge in [0.05, 0.1) is 10.7 Å². The normalized spacial score (nSPS) is 15.9. The van der Waals surface area contributed by atoms with Crippen molar-refractivity contribution in [1.82, 2.24) is 0 Å². The molecule has 1 aromatic rings. The van der Waals surface area contributed by atoms with Gasteiger partial charge in [-0.3, -0.25) is 5.32 Å². The maximum atomic E-state index is 11.6. The summed E-state index contributed by atoms with van der Waals surface area (Å²) in [6, 6.07) is 4.90. The summed E-state index contributed by atoms with van der Waals surface area (Å²) in [7, 11) is 0. The number of hydrogen-bond donors (Lipinski definition) is 1. The lowest BCUT2D eigenvalue weighted by molar-refractivity contribution is 0.114. The van der Waals surface area contributed by atoms with Crippen molar-refractivity contribution in [2.24, 2.45) is 0 Å². The predicted octanol–water partition coefficient (Wildman–Crippen LogP) is 4.48. The number of halogens is 2. The molecule has 1 aliphatic carbocycles. The van der Waals surface area contributed by atoms with E-state index >= 15 is 0 Å². The monoisotopic (exact) mass is 273 g/mol. The van der Waals surface area contributed by atoms with Gasteiger partial charge >= 0.3 is 6.09 Å². The van der Waals surface area contributed by atoms with Crippen LogP contribution in [0.3, 0.4) is 0 Å². The van der Waals surface area contributed by atoms with E-state index in [-0.39, 0.29) is 6.10 Å². The minimum atomic E-state index is -0.471. The summed E-state index contributed by atoms with van der Waals surface area (Å²) in [4.78, 5) is 11.6. The van der Waals surface area contributed by atoms with E-state index in [0.717, 1.165) is 25.7 Å². The van der Waals surface area contributed by atoms with Crippen molar-refractivity contribution in [2.45, 2.75) is 31.8 Å². The Morgan fingerprint density at radius 2 is 2.00 bits per heavy atom. The summed E-state index contributed by atoms with van der Waals surface area (Å²) in [6.07, 6.45) is 3.69. The number of carbonyl (C=O) groups excluding carboxylic acids is 1. The first kappa shape index (κ1) is 12.5. The molecule has 5 heteroatoms. The van der Waals surface area contributed by atoms with Gasteiger partial charge in [-0.15, -0.1) is 0 Å². The Bertz CT molecular complexity index is 417. The number of carbonyl (C=O) groups is 1. The largest absolute Gasteiger partial charge is 0.446 e. The van der Waals surface area contributed by atoms with Crippen LogP contribution in [0.15, 0.2) is 18.2 Å². The number of benzene rings is 1. The fourth-order valence-corrected chi connectivity index (χ4v) is 2.23. The van der Waals surface area contributed by atoms with E-state index in [1.54, 1.807) is 18.2 Å². The highest BCUT2D eigenvalue weighted by Gasteiger charge is 2.19. The maximum absolute atomic E-state index is 11.6. The lowest BCUT2D eigenvalue weighted by atomic mass is 10.3. The fraction of sp³-hybridized carbons (Fsp3) is 0.417. The number of hydrogen-bond acceptors (Lipinski definition) is 2. The number of ether oxygens (including phenoxy) is 1. The molecule has 92 valence electrons. The SMILES string of the molecule is O=C(Nc1cc(Cl)ccc1Cl)OC1CCCC1. The van der Waals surface area contributed by atoms with Crippen molar-refractivity contribution in [3.05, 3.63) is 28.2 Å². The summed E-state index contributed by atoms with van der Waals surface area (Å²) < 4.78 is 5.26. The molecule has 0 bridgehead atoms. The van der Waals surface area contributed by atoms with E-state index in [2.05, 4.69) is 5.32 Å². The van der Waals surface area contributed by atoms with Crippen LogP contribution in [0.5, 0.6) is 0 Å². The predicted molar refractivity (Wildman–Crippen MR) is 68.8 cm³/mol. The Morgan fingerprint density at radius 3 is 2.71 bits per heavy atom. The molecule has 3 nitrogen and oxygen atoms in total. The number of anilines is 1. The third-order valence-corrected chi connectivity index (χ3v) is 3.31. The van der Waals surface area contributed by atoms with Gasteiger partial charge in [0.2, 0.25) is 0 Å². The molecule has 1 N–H and O–H groups in total. The summed E-state index contributed by atoms with van der Waals surface area (Å²) in [5.41, 5.74) is 0.474. The summed E-state index contributed by atoms with van der Waals surface area (Å²) >= 11 is 11.7. The highest BCUT2D eigenvalue weighted by molar-refractivity contribution is 6.35. The third kappa shape index (κ3) is 3.51. The quantitative estimate of drug-likeness (QED) is 0.863. The minimum Gasteiger partial charge on any atom is -0.446 e. The van der Waals surface area contributed by atoms with Gasteiger partial charge in [0, 0.05) is 5.02 Å². The molecule has 1 saturated carbocycles. The summed E-state index contributed by atoms with van der Waals surface area (Å²) in [5.74, 6) is 0. The molecular formula is C12H13Cl2NO2. The van der Waals surface area contributed by atoms with Crippen molar-refractivity contribution in [3.63, 3.8) is 0 Å². The molecule has 0 spiro atoms. The van der Waals surface area contributed by atoms with Crippen molar-refractivity contribution in [1.29, 1.82) is 0 Å². The first-order chi connectivity index (χ1) is 8.15. The van der Waals surface area contributed by atoms with Gasteiger partial charge in [-0.1, -0.05) is 23.2 Å². The van der Waals surface area contributed by atoms with E-state index in [9.17, 15) is 4.79 Å². The lowest BCUT2D eigenvalue weighted by Gasteiger charge is -2.13. The second-order valence-electron chi connectivity index (χ2n) is 4.06. The third-order valence-electron chi connectivity index (χ3n) is 2.74. The molecule has 1 amide bonds. The average molecular weight is 274 g/mol. The van der Waals surface area contributed by atoms with Crippen LogP contribution in [0.4, 0.5) is 10.5 Å². The van der Waals surface area contributed by atoms with Gasteiger partial charge in [-0.2, -0.15) is 0 Å². The molecule has 0 aliphatic heterocycles. The van der Waals surface area contributed by atoms with Crippen molar-refractivity contribution >= 4 is 35.0 Å². The second kappa shape index (κ2) is 5.61. The summed E-state index contributed by atoms with van der Waals surface area (Å²) in [6.45, 7) is 0.